The van der Waals surface area contributed by atoms with Gasteiger partial charge in [0.2, 0.25) is 0 Å². The van der Waals surface area contributed by atoms with Crippen LogP contribution >= 0.6 is 0 Å². The fourth-order valence-electron chi connectivity index (χ4n) is 3.04. The Morgan fingerprint density at radius 1 is 0.519 bits per heavy atom. The lowest BCUT2D eigenvalue weighted by molar-refractivity contribution is 0.475. The molecule has 132 valence electrons. The molecule has 0 aliphatic rings. The van der Waals surface area contributed by atoms with Gasteiger partial charge in [-0.05, 0) is 59.7 Å². The molecule has 1 aromatic heterocycles. The Bertz CT molecular complexity index is 1060. The van der Waals surface area contributed by atoms with Crippen LogP contribution < -0.4 is 0 Å². The van der Waals surface area contributed by atoms with E-state index in [4.69, 9.17) is 0 Å². The number of hydrogen-bond donors (Lipinski definition) is 3. The quantitative estimate of drug-likeness (QED) is 0.472. The third-order valence-electron chi connectivity index (χ3n) is 4.36. The highest BCUT2D eigenvalue weighted by Gasteiger charge is 2.13. The van der Waals surface area contributed by atoms with Gasteiger partial charge in [0.1, 0.15) is 17.2 Å². The Balaban J connectivity index is 1.97. The van der Waals surface area contributed by atoms with Crippen molar-refractivity contribution in [3.05, 3.63) is 84.9 Å². The van der Waals surface area contributed by atoms with E-state index in [1.165, 1.54) is 0 Å². The summed E-state index contributed by atoms with van der Waals surface area (Å²) in [5, 5.41) is 30.4. The summed E-state index contributed by atoms with van der Waals surface area (Å²) >= 11 is 0. The number of nitrogens with zero attached hydrogens (tertiary/aromatic N) is 1. The molecule has 4 nitrogen and oxygen atoms in total. The first-order valence-corrected chi connectivity index (χ1v) is 8.50. The van der Waals surface area contributed by atoms with Gasteiger partial charge in [-0.15, -0.1) is 0 Å². The average Bonchev–Trinajstić information content (AvgIpc) is 2.68. The molecule has 0 atom stereocenters. The maximum atomic E-state index is 10.3. The number of benzene rings is 3. The molecule has 0 saturated carbocycles. The van der Waals surface area contributed by atoms with Crippen LogP contribution in [0.2, 0.25) is 0 Å². The van der Waals surface area contributed by atoms with Gasteiger partial charge in [0.25, 0.3) is 0 Å². The van der Waals surface area contributed by atoms with Crippen LogP contribution in [0, 0.1) is 0 Å². The maximum Gasteiger partial charge on any atom is 0.124 e. The van der Waals surface area contributed by atoms with Gasteiger partial charge in [-0.3, -0.25) is 0 Å². The monoisotopic (exact) mass is 355 g/mol. The zero-order chi connectivity index (χ0) is 18.8. The summed E-state index contributed by atoms with van der Waals surface area (Å²) in [5.74, 6) is 0.417. The van der Waals surface area contributed by atoms with Gasteiger partial charge < -0.3 is 15.3 Å². The second-order valence-electron chi connectivity index (χ2n) is 6.21. The van der Waals surface area contributed by atoms with Crippen molar-refractivity contribution < 1.29 is 15.3 Å². The molecule has 0 radical (unpaired) electrons. The molecular formula is C23H17NO3. The van der Waals surface area contributed by atoms with Crippen molar-refractivity contribution in [1.29, 1.82) is 0 Å². The van der Waals surface area contributed by atoms with Crippen molar-refractivity contribution in [2.24, 2.45) is 0 Å². The second-order valence-corrected chi connectivity index (χ2v) is 6.21. The summed E-state index contributed by atoms with van der Waals surface area (Å²) in [6.07, 6.45) is 0. The molecule has 0 fully saturated rings. The van der Waals surface area contributed by atoms with Gasteiger partial charge in [0.15, 0.2) is 0 Å². The molecule has 0 aliphatic heterocycles. The molecule has 4 rings (SSSR count). The van der Waals surface area contributed by atoms with Crippen molar-refractivity contribution in [3.8, 4) is 50.9 Å². The highest BCUT2D eigenvalue weighted by atomic mass is 16.3. The molecule has 3 aromatic carbocycles. The first-order chi connectivity index (χ1) is 13.1. The summed E-state index contributed by atoms with van der Waals surface area (Å²) in [7, 11) is 0. The third-order valence-corrected chi connectivity index (χ3v) is 4.36. The van der Waals surface area contributed by atoms with Gasteiger partial charge in [-0.1, -0.05) is 36.4 Å². The number of phenols is 3. The van der Waals surface area contributed by atoms with Crippen molar-refractivity contribution in [3.63, 3.8) is 0 Å². The minimum absolute atomic E-state index is 0.126. The Labute approximate surface area is 156 Å². The van der Waals surface area contributed by atoms with Crippen molar-refractivity contribution >= 4 is 0 Å². The number of phenolic OH excluding ortho intramolecular Hbond substituents is 3. The predicted octanol–water partition coefficient (Wildman–Crippen LogP) is 5.20. The molecular weight excluding hydrogens is 338 g/mol. The van der Waals surface area contributed by atoms with E-state index in [0.29, 0.717) is 22.5 Å². The van der Waals surface area contributed by atoms with Gasteiger partial charge in [-0.2, -0.15) is 0 Å². The van der Waals surface area contributed by atoms with E-state index in [0.717, 1.165) is 11.1 Å². The smallest absolute Gasteiger partial charge is 0.124 e. The Hall–Kier alpha value is -3.79. The van der Waals surface area contributed by atoms with Crippen LogP contribution in [-0.2, 0) is 0 Å². The summed E-state index contributed by atoms with van der Waals surface area (Å²) in [5.41, 5.74) is 3.97. The summed E-state index contributed by atoms with van der Waals surface area (Å²) in [6.45, 7) is 0. The molecule has 0 amide bonds. The SMILES string of the molecule is Oc1cccc(-c2cc(-c3ccccc3O)nc(-c3ccccc3O)c2)c1. The molecule has 0 bridgehead atoms. The zero-order valence-electron chi connectivity index (χ0n) is 14.4. The zero-order valence-corrected chi connectivity index (χ0v) is 14.4. The fourth-order valence-corrected chi connectivity index (χ4v) is 3.04. The first-order valence-electron chi connectivity index (χ1n) is 8.50. The minimum Gasteiger partial charge on any atom is -0.508 e. The van der Waals surface area contributed by atoms with Crippen molar-refractivity contribution in [2.45, 2.75) is 0 Å². The van der Waals surface area contributed by atoms with Crippen molar-refractivity contribution in [2.75, 3.05) is 0 Å². The van der Waals surface area contributed by atoms with Crippen LogP contribution in [0.3, 0.4) is 0 Å². The molecule has 0 unspecified atom stereocenters. The topological polar surface area (TPSA) is 73.6 Å². The Kier molecular flexibility index (Phi) is 4.22. The summed E-state index contributed by atoms with van der Waals surface area (Å²) in [4.78, 5) is 4.66. The van der Waals surface area contributed by atoms with E-state index in [2.05, 4.69) is 4.98 Å². The molecule has 4 aromatic rings. The van der Waals surface area contributed by atoms with E-state index >= 15 is 0 Å². The lowest BCUT2D eigenvalue weighted by atomic mass is 9.99. The predicted molar refractivity (Wildman–Crippen MR) is 106 cm³/mol. The largest absolute Gasteiger partial charge is 0.508 e. The molecule has 0 saturated heterocycles. The van der Waals surface area contributed by atoms with Crippen LogP contribution in [0.5, 0.6) is 17.2 Å². The lowest BCUT2D eigenvalue weighted by Gasteiger charge is -2.12. The Morgan fingerprint density at radius 3 is 1.59 bits per heavy atom. The molecule has 4 heteroatoms. The number of rotatable bonds is 3. The van der Waals surface area contributed by atoms with Gasteiger partial charge in [0.05, 0.1) is 11.4 Å². The van der Waals surface area contributed by atoms with Crippen LogP contribution in [0.15, 0.2) is 84.9 Å². The second kappa shape index (κ2) is 6.84. The van der Waals surface area contributed by atoms with Crippen LogP contribution in [-0.4, -0.2) is 20.3 Å². The minimum atomic E-state index is 0.126. The number of pyridine rings is 1. The molecule has 0 aliphatic carbocycles. The average molecular weight is 355 g/mol. The Morgan fingerprint density at radius 2 is 1.07 bits per heavy atom. The maximum absolute atomic E-state index is 10.3. The first kappa shape index (κ1) is 16.7. The highest BCUT2D eigenvalue weighted by molar-refractivity contribution is 5.80. The number of aromatic hydroxyl groups is 3. The fraction of sp³-hybridized carbons (Fsp3) is 0. The van der Waals surface area contributed by atoms with E-state index in [1.54, 1.807) is 54.6 Å². The van der Waals surface area contributed by atoms with E-state index in [9.17, 15) is 15.3 Å². The van der Waals surface area contributed by atoms with Gasteiger partial charge in [-0.25, -0.2) is 4.98 Å². The molecule has 1 heterocycles. The molecule has 3 N–H and O–H groups in total. The standard InChI is InChI=1S/C23H17NO3/c25-17-7-5-6-15(12-17)16-13-20(18-8-1-3-10-22(18)26)24-21(14-16)19-9-2-4-11-23(19)27/h1-14,25-27H. The number of para-hydroxylation sites is 2. The van der Waals surface area contributed by atoms with E-state index in [-0.39, 0.29) is 17.2 Å². The van der Waals surface area contributed by atoms with Crippen LogP contribution in [0.1, 0.15) is 0 Å². The summed E-state index contributed by atoms with van der Waals surface area (Å²) < 4.78 is 0. The summed E-state index contributed by atoms with van der Waals surface area (Å²) in [6, 6.07) is 24.6. The lowest BCUT2D eigenvalue weighted by Crippen LogP contribution is -1.92. The van der Waals surface area contributed by atoms with Crippen molar-refractivity contribution in [1.82, 2.24) is 4.98 Å². The normalized spacial score (nSPS) is 10.7. The van der Waals surface area contributed by atoms with E-state index in [1.807, 2.05) is 30.3 Å². The van der Waals surface area contributed by atoms with Gasteiger partial charge in [0, 0.05) is 11.1 Å². The molecule has 0 spiro atoms. The third kappa shape index (κ3) is 3.33. The number of aromatic nitrogens is 1. The number of hydrogen-bond acceptors (Lipinski definition) is 4. The highest BCUT2D eigenvalue weighted by Crippen LogP contribution is 2.36. The van der Waals surface area contributed by atoms with Gasteiger partial charge >= 0.3 is 0 Å². The van der Waals surface area contributed by atoms with Crippen LogP contribution in [0.25, 0.3) is 33.6 Å². The molecule has 27 heavy (non-hydrogen) atoms. The van der Waals surface area contributed by atoms with Crippen LogP contribution in [0.4, 0.5) is 0 Å². The van der Waals surface area contributed by atoms with E-state index < -0.39 is 0 Å².